The molecule has 0 radical (unpaired) electrons. The number of carbonyl (C=O) groups is 1. The second-order valence-corrected chi connectivity index (χ2v) is 5.14. The van der Waals surface area contributed by atoms with Crippen molar-refractivity contribution in [2.24, 2.45) is 5.73 Å². The molecule has 1 aromatic rings. The van der Waals surface area contributed by atoms with Crippen LogP contribution >= 0.6 is 0 Å². The summed E-state index contributed by atoms with van der Waals surface area (Å²) < 4.78 is 5.73. The molecule has 0 fully saturated rings. The van der Waals surface area contributed by atoms with Gasteiger partial charge in [0.2, 0.25) is 0 Å². The number of hydrogen-bond donors (Lipinski definition) is 2. The number of fused-ring (bicyclic) bond motifs is 1. The summed E-state index contributed by atoms with van der Waals surface area (Å²) in [6.07, 6.45) is 1.91. The third kappa shape index (κ3) is 2.88. The molecule has 0 saturated carbocycles. The molecule has 0 aliphatic carbocycles. The number of rotatable bonds is 5. The average Bonchev–Trinajstić information content (AvgIpc) is 2.43. The minimum Gasteiger partial charge on any atom is -0.507 e. The van der Waals surface area contributed by atoms with Gasteiger partial charge in [-0.3, -0.25) is 9.69 Å². The highest BCUT2D eigenvalue weighted by Gasteiger charge is 2.26. The number of phenols is 1. The molecule has 2 rings (SSSR count). The van der Waals surface area contributed by atoms with Gasteiger partial charge in [0.05, 0.1) is 5.56 Å². The van der Waals surface area contributed by atoms with Gasteiger partial charge in [-0.2, -0.15) is 0 Å². The lowest BCUT2D eigenvalue weighted by Crippen LogP contribution is -2.43. The average molecular weight is 278 g/mol. The topological polar surface area (TPSA) is 75.8 Å². The van der Waals surface area contributed by atoms with Crippen molar-refractivity contribution >= 4 is 5.91 Å². The van der Waals surface area contributed by atoms with Gasteiger partial charge in [0.15, 0.2) is 0 Å². The predicted octanol–water partition coefficient (Wildman–Crippen LogP) is 1.53. The maximum atomic E-state index is 11.3. The highest BCUT2D eigenvalue weighted by molar-refractivity contribution is 5.96. The predicted molar refractivity (Wildman–Crippen MR) is 77.1 cm³/mol. The number of carbonyl (C=O) groups excluding carboxylic acids is 1. The molecule has 5 heteroatoms. The van der Waals surface area contributed by atoms with Crippen molar-refractivity contribution in [3.05, 3.63) is 23.3 Å². The van der Waals surface area contributed by atoms with Crippen LogP contribution in [0.4, 0.5) is 0 Å². The van der Waals surface area contributed by atoms with E-state index in [1.54, 1.807) is 6.07 Å². The second kappa shape index (κ2) is 6.13. The zero-order valence-electron chi connectivity index (χ0n) is 12.1. The van der Waals surface area contributed by atoms with Gasteiger partial charge in [0.25, 0.3) is 5.91 Å². The molecule has 0 unspecified atom stereocenters. The normalized spacial score (nSPS) is 17.6. The lowest BCUT2D eigenvalue weighted by atomic mass is 9.98. The highest BCUT2D eigenvalue weighted by Crippen LogP contribution is 2.32. The fourth-order valence-corrected chi connectivity index (χ4v) is 2.72. The molecule has 0 bridgehead atoms. The third-order valence-corrected chi connectivity index (χ3v) is 3.76. The monoisotopic (exact) mass is 278 g/mol. The van der Waals surface area contributed by atoms with Crippen molar-refractivity contribution in [3.8, 4) is 11.5 Å². The first-order chi connectivity index (χ1) is 9.56. The van der Waals surface area contributed by atoms with Gasteiger partial charge in [-0.25, -0.2) is 0 Å². The van der Waals surface area contributed by atoms with Crippen LogP contribution in [0.25, 0.3) is 0 Å². The van der Waals surface area contributed by atoms with Gasteiger partial charge in [0.1, 0.15) is 18.1 Å². The quantitative estimate of drug-likeness (QED) is 0.856. The van der Waals surface area contributed by atoms with E-state index >= 15 is 0 Å². The number of likely N-dealkylation sites (N-methyl/N-ethyl adjacent to an activating group) is 1. The molecule has 1 aromatic carbocycles. The smallest absolute Gasteiger partial charge is 0.252 e. The molecule has 3 N–H and O–H groups in total. The van der Waals surface area contributed by atoms with Crippen molar-refractivity contribution < 1.29 is 14.6 Å². The zero-order valence-corrected chi connectivity index (χ0v) is 12.1. The van der Waals surface area contributed by atoms with Crippen molar-refractivity contribution in [1.82, 2.24) is 4.90 Å². The Morgan fingerprint density at radius 3 is 2.85 bits per heavy atom. The van der Waals surface area contributed by atoms with Gasteiger partial charge < -0.3 is 15.6 Å². The van der Waals surface area contributed by atoms with E-state index in [1.807, 2.05) is 0 Å². The molecule has 5 nitrogen and oxygen atoms in total. The zero-order chi connectivity index (χ0) is 14.7. The molecule has 1 aliphatic rings. The van der Waals surface area contributed by atoms with Gasteiger partial charge >= 0.3 is 0 Å². The standard InChI is InChI=1S/C15H22N2O3/c1-3-5-17(4-2)11-6-10-7-12(15(16)19)13(18)8-14(10)20-9-11/h7-8,11,18H,3-6,9H2,1-2H3,(H2,16,19)/t11-/m1/s1. The van der Waals surface area contributed by atoms with E-state index < -0.39 is 5.91 Å². The molecule has 0 saturated heterocycles. The minimum atomic E-state index is -0.617. The Hall–Kier alpha value is -1.75. The fraction of sp³-hybridized carbons (Fsp3) is 0.533. The van der Waals surface area contributed by atoms with E-state index in [4.69, 9.17) is 10.5 Å². The van der Waals surface area contributed by atoms with E-state index in [2.05, 4.69) is 18.7 Å². The van der Waals surface area contributed by atoms with E-state index in [0.717, 1.165) is 31.5 Å². The maximum Gasteiger partial charge on any atom is 0.252 e. The number of hydrogen-bond acceptors (Lipinski definition) is 4. The van der Waals surface area contributed by atoms with Crippen LogP contribution in [0.15, 0.2) is 12.1 Å². The Balaban J connectivity index is 2.24. The van der Waals surface area contributed by atoms with Crippen LogP contribution in [-0.2, 0) is 6.42 Å². The number of amides is 1. The van der Waals surface area contributed by atoms with Crippen molar-refractivity contribution in [1.29, 1.82) is 0 Å². The van der Waals surface area contributed by atoms with Crippen LogP contribution in [0.5, 0.6) is 11.5 Å². The van der Waals surface area contributed by atoms with Crippen LogP contribution in [0.2, 0.25) is 0 Å². The molecule has 0 aromatic heterocycles. The minimum absolute atomic E-state index is 0.115. The second-order valence-electron chi connectivity index (χ2n) is 5.14. The van der Waals surface area contributed by atoms with E-state index in [1.165, 1.54) is 6.07 Å². The molecule has 1 amide bonds. The Morgan fingerprint density at radius 2 is 2.25 bits per heavy atom. The summed E-state index contributed by atoms with van der Waals surface area (Å²) in [6.45, 7) is 6.90. The first-order valence-corrected chi connectivity index (χ1v) is 7.09. The molecule has 1 aliphatic heterocycles. The van der Waals surface area contributed by atoms with Crippen LogP contribution in [0, 0.1) is 0 Å². The van der Waals surface area contributed by atoms with Crippen LogP contribution in [0.3, 0.4) is 0 Å². The van der Waals surface area contributed by atoms with E-state index in [9.17, 15) is 9.90 Å². The number of nitrogens with two attached hydrogens (primary N) is 1. The van der Waals surface area contributed by atoms with Crippen molar-refractivity contribution in [2.75, 3.05) is 19.7 Å². The third-order valence-electron chi connectivity index (χ3n) is 3.76. The molecule has 1 heterocycles. The molecular formula is C15H22N2O3. The summed E-state index contributed by atoms with van der Waals surface area (Å²) in [5, 5.41) is 9.75. The Labute approximate surface area is 119 Å². The van der Waals surface area contributed by atoms with Crippen LogP contribution in [0.1, 0.15) is 36.2 Å². The molecule has 1 atom stereocenters. The van der Waals surface area contributed by atoms with Crippen molar-refractivity contribution in [2.45, 2.75) is 32.7 Å². The maximum absolute atomic E-state index is 11.3. The number of ether oxygens (including phenoxy) is 1. The number of nitrogens with zero attached hydrogens (tertiary/aromatic N) is 1. The molecule has 20 heavy (non-hydrogen) atoms. The SMILES string of the molecule is CCCN(CC)[C@H]1COc2cc(O)c(C(N)=O)cc2C1. The molecular weight excluding hydrogens is 256 g/mol. The number of benzene rings is 1. The van der Waals surface area contributed by atoms with E-state index in [-0.39, 0.29) is 11.3 Å². The Kier molecular flexibility index (Phi) is 4.49. The summed E-state index contributed by atoms with van der Waals surface area (Å²) in [4.78, 5) is 13.7. The lowest BCUT2D eigenvalue weighted by molar-refractivity contribution is 0.0996. The summed E-state index contributed by atoms with van der Waals surface area (Å²) in [7, 11) is 0. The summed E-state index contributed by atoms with van der Waals surface area (Å²) in [6, 6.07) is 3.44. The van der Waals surface area contributed by atoms with Crippen LogP contribution in [-0.4, -0.2) is 41.7 Å². The first-order valence-electron chi connectivity index (χ1n) is 7.09. The summed E-state index contributed by atoms with van der Waals surface area (Å²) in [5.41, 5.74) is 6.36. The van der Waals surface area contributed by atoms with Gasteiger partial charge in [-0.15, -0.1) is 0 Å². The largest absolute Gasteiger partial charge is 0.507 e. The summed E-state index contributed by atoms with van der Waals surface area (Å²) >= 11 is 0. The van der Waals surface area contributed by atoms with Gasteiger partial charge in [0, 0.05) is 12.1 Å². The molecule has 0 spiro atoms. The van der Waals surface area contributed by atoms with Gasteiger partial charge in [-0.1, -0.05) is 13.8 Å². The fourth-order valence-electron chi connectivity index (χ4n) is 2.72. The first kappa shape index (κ1) is 14.7. The Bertz CT molecular complexity index is 502. The lowest BCUT2D eigenvalue weighted by Gasteiger charge is -2.34. The van der Waals surface area contributed by atoms with Crippen LogP contribution < -0.4 is 10.5 Å². The Morgan fingerprint density at radius 1 is 1.50 bits per heavy atom. The summed E-state index contributed by atoms with van der Waals surface area (Å²) in [5.74, 6) is -0.0831. The van der Waals surface area contributed by atoms with Crippen molar-refractivity contribution in [3.63, 3.8) is 0 Å². The number of primary amides is 1. The molecule has 110 valence electrons. The van der Waals surface area contributed by atoms with E-state index in [0.29, 0.717) is 18.4 Å². The highest BCUT2D eigenvalue weighted by atomic mass is 16.5. The van der Waals surface area contributed by atoms with Gasteiger partial charge in [-0.05, 0) is 37.6 Å². The number of aromatic hydroxyl groups is 1.